The van der Waals surface area contributed by atoms with Crippen molar-refractivity contribution in [2.75, 3.05) is 51.2 Å². The molecule has 0 radical (unpaired) electrons. The van der Waals surface area contributed by atoms with Gasteiger partial charge in [-0.05, 0) is 24.3 Å². The first-order chi connectivity index (χ1) is 15.6. The summed E-state index contributed by atoms with van der Waals surface area (Å²) in [5, 5.41) is 12.9. The number of non-ortho nitro benzene ring substituents is 1. The van der Waals surface area contributed by atoms with Gasteiger partial charge in [0, 0.05) is 44.5 Å². The van der Waals surface area contributed by atoms with E-state index in [1.54, 1.807) is 12.1 Å². The molecule has 1 amide bonds. The van der Waals surface area contributed by atoms with E-state index in [1.165, 1.54) is 18.2 Å². The molecule has 8 nitrogen and oxygen atoms in total. The van der Waals surface area contributed by atoms with Crippen LogP contribution in [-0.2, 0) is 11.0 Å². The Balaban J connectivity index is 1.40. The maximum atomic E-state index is 13.0. The smallest absolute Gasteiger partial charge is 0.417 e. The van der Waals surface area contributed by atoms with Gasteiger partial charge in [0.05, 0.1) is 28.1 Å². The standard InChI is InChI=1S/C21H22ClF3N4O4/c22-19-5-4-15(12-18(19)21(23,24)25)26-20(30)14-28-8-6-27(7-9-28)10-11-33-17-3-1-2-16(13-17)29(31)32/h1-5,12-13H,6-11,14H2,(H,26,30). The van der Waals surface area contributed by atoms with Crippen molar-refractivity contribution >= 4 is 28.9 Å². The minimum absolute atomic E-state index is 0.0346. The predicted molar refractivity (Wildman–Crippen MR) is 117 cm³/mol. The highest BCUT2D eigenvalue weighted by Crippen LogP contribution is 2.36. The van der Waals surface area contributed by atoms with Crippen LogP contribution in [0.15, 0.2) is 42.5 Å². The Labute approximate surface area is 193 Å². The van der Waals surface area contributed by atoms with Crippen LogP contribution < -0.4 is 10.1 Å². The number of nitrogens with zero attached hydrogens (tertiary/aromatic N) is 3. The zero-order valence-electron chi connectivity index (χ0n) is 17.5. The summed E-state index contributed by atoms with van der Waals surface area (Å²) in [6.45, 7) is 3.63. The van der Waals surface area contributed by atoms with E-state index >= 15 is 0 Å². The molecule has 1 aliphatic heterocycles. The monoisotopic (exact) mass is 486 g/mol. The highest BCUT2D eigenvalue weighted by atomic mass is 35.5. The third-order valence-corrected chi connectivity index (χ3v) is 5.42. The number of hydrogen-bond acceptors (Lipinski definition) is 6. The van der Waals surface area contributed by atoms with Crippen LogP contribution >= 0.6 is 11.6 Å². The first kappa shape index (κ1) is 24.7. The number of piperazine rings is 1. The van der Waals surface area contributed by atoms with Gasteiger partial charge in [-0.1, -0.05) is 17.7 Å². The molecule has 1 aliphatic rings. The first-order valence-electron chi connectivity index (χ1n) is 10.1. The molecule has 33 heavy (non-hydrogen) atoms. The van der Waals surface area contributed by atoms with Gasteiger partial charge in [0.25, 0.3) is 5.69 Å². The van der Waals surface area contributed by atoms with Crippen molar-refractivity contribution in [2.24, 2.45) is 0 Å². The average molecular weight is 487 g/mol. The Morgan fingerprint density at radius 3 is 2.48 bits per heavy atom. The number of nitrogens with one attached hydrogen (secondary N) is 1. The van der Waals surface area contributed by atoms with E-state index in [4.69, 9.17) is 16.3 Å². The lowest BCUT2D eigenvalue weighted by atomic mass is 10.2. The zero-order valence-corrected chi connectivity index (χ0v) is 18.2. The molecule has 2 aromatic carbocycles. The number of hydrogen-bond donors (Lipinski definition) is 1. The Kier molecular flexibility index (Phi) is 8.11. The highest BCUT2D eigenvalue weighted by molar-refractivity contribution is 6.31. The molecule has 1 saturated heterocycles. The summed E-state index contributed by atoms with van der Waals surface area (Å²) in [6.07, 6.45) is -4.60. The van der Waals surface area contributed by atoms with Crippen LogP contribution in [0.5, 0.6) is 5.75 Å². The van der Waals surface area contributed by atoms with Gasteiger partial charge in [-0.25, -0.2) is 0 Å². The predicted octanol–water partition coefficient (Wildman–Crippen LogP) is 3.90. The molecule has 0 bridgehead atoms. The molecule has 0 saturated carbocycles. The molecule has 0 spiro atoms. The molecule has 1 fully saturated rings. The summed E-state index contributed by atoms with van der Waals surface area (Å²) in [7, 11) is 0. The Morgan fingerprint density at radius 1 is 1.12 bits per heavy atom. The SMILES string of the molecule is O=C(CN1CCN(CCOc2cccc([N+](=O)[O-])c2)CC1)Nc1ccc(Cl)c(C(F)(F)F)c1. The molecule has 1 N–H and O–H groups in total. The van der Waals surface area contributed by atoms with Gasteiger partial charge in [0.1, 0.15) is 12.4 Å². The lowest BCUT2D eigenvalue weighted by Crippen LogP contribution is -2.49. The molecule has 178 valence electrons. The van der Waals surface area contributed by atoms with Gasteiger partial charge in [-0.3, -0.25) is 24.7 Å². The van der Waals surface area contributed by atoms with Crippen LogP contribution in [-0.4, -0.2) is 66.5 Å². The van der Waals surface area contributed by atoms with Crippen LogP contribution in [0.25, 0.3) is 0 Å². The fourth-order valence-electron chi connectivity index (χ4n) is 3.37. The second-order valence-corrected chi connectivity index (χ2v) is 7.87. The van der Waals surface area contributed by atoms with Crippen LogP contribution in [0.1, 0.15) is 5.56 Å². The van der Waals surface area contributed by atoms with Gasteiger partial charge in [0.2, 0.25) is 5.91 Å². The molecule has 12 heteroatoms. The molecule has 0 unspecified atom stereocenters. The second-order valence-electron chi connectivity index (χ2n) is 7.46. The third-order valence-electron chi connectivity index (χ3n) is 5.09. The average Bonchev–Trinajstić information content (AvgIpc) is 2.76. The van der Waals surface area contributed by atoms with Crippen LogP contribution in [0.2, 0.25) is 5.02 Å². The van der Waals surface area contributed by atoms with Crippen molar-refractivity contribution in [3.05, 3.63) is 63.2 Å². The van der Waals surface area contributed by atoms with Crippen molar-refractivity contribution in [2.45, 2.75) is 6.18 Å². The zero-order chi connectivity index (χ0) is 24.0. The Hall–Kier alpha value is -2.89. The molecule has 0 aliphatic carbocycles. The van der Waals surface area contributed by atoms with Crippen molar-refractivity contribution in [3.8, 4) is 5.75 Å². The highest BCUT2D eigenvalue weighted by Gasteiger charge is 2.33. The maximum Gasteiger partial charge on any atom is 0.417 e. The number of carbonyl (C=O) groups is 1. The van der Waals surface area contributed by atoms with Crippen molar-refractivity contribution in [3.63, 3.8) is 0 Å². The van der Waals surface area contributed by atoms with Gasteiger partial charge >= 0.3 is 6.18 Å². The van der Waals surface area contributed by atoms with E-state index in [-0.39, 0.29) is 17.9 Å². The fraction of sp³-hybridized carbons (Fsp3) is 0.381. The summed E-state index contributed by atoms with van der Waals surface area (Å²) in [5.41, 5.74) is -0.996. The summed E-state index contributed by atoms with van der Waals surface area (Å²) in [5.74, 6) is 0.0169. The number of carbonyl (C=O) groups excluding carboxylic acids is 1. The summed E-state index contributed by atoms with van der Waals surface area (Å²) < 4.78 is 44.5. The van der Waals surface area contributed by atoms with E-state index in [2.05, 4.69) is 10.2 Å². The number of ether oxygens (including phenoxy) is 1. The lowest BCUT2D eigenvalue weighted by Gasteiger charge is -2.34. The van der Waals surface area contributed by atoms with E-state index < -0.39 is 27.6 Å². The molecule has 2 aromatic rings. The fourth-order valence-corrected chi connectivity index (χ4v) is 3.60. The van der Waals surface area contributed by atoms with E-state index in [0.29, 0.717) is 45.1 Å². The molecule has 0 aromatic heterocycles. The Bertz CT molecular complexity index is 998. The van der Waals surface area contributed by atoms with Crippen LogP contribution in [0.3, 0.4) is 0 Å². The first-order valence-corrected chi connectivity index (χ1v) is 10.5. The Morgan fingerprint density at radius 2 is 1.82 bits per heavy atom. The molecule has 1 heterocycles. The normalized spacial score (nSPS) is 15.3. The number of rotatable bonds is 8. The maximum absolute atomic E-state index is 13.0. The number of halogens is 4. The van der Waals surface area contributed by atoms with Gasteiger partial charge < -0.3 is 10.1 Å². The lowest BCUT2D eigenvalue weighted by molar-refractivity contribution is -0.384. The number of alkyl halides is 3. The van der Waals surface area contributed by atoms with E-state index in [9.17, 15) is 28.1 Å². The number of anilines is 1. The number of nitro benzene ring substituents is 1. The molecule has 3 rings (SSSR count). The number of benzene rings is 2. The quantitative estimate of drug-likeness (QED) is 0.450. The summed E-state index contributed by atoms with van der Waals surface area (Å²) in [4.78, 5) is 26.6. The second kappa shape index (κ2) is 10.8. The van der Waals surface area contributed by atoms with Gasteiger partial charge in [-0.2, -0.15) is 13.2 Å². The van der Waals surface area contributed by atoms with Crippen molar-refractivity contribution in [1.29, 1.82) is 0 Å². The topological polar surface area (TPSA) is 88.0 Å². The third kappa shape index (κ3) is 7.31. The summed E-state index contributed by atoms with van der Waals surface area (Å²) >= 11 is 5.60. The molecule has 0 atom stereocenters. The van der Waals surface area contributed by atoms with Gasteiger partial charge in [0.15, 0.2) is 0 Å². The van der Waals surface area contributed by atoms with Crippen molar-refractivity contribution in [1.82, 2.24) is 9.80 Å². The van der Waals surface area contributed by atoms with Crippen LogP contribution in [0, 0.1) is 10.1 Å². The largest absolute Gasteiger partial charge is 0.492 e. The number of amides is 1. The van der Waals surface area contributed by atoms with Crippen molar-refractivity contribution < 1.29 is 27.6 Å². The van der Waals surface area contributed by atoms with Crippen LogP contribution in [0.4, 0.5) is 24.5 Å². The van der Waals surface area contributed by atoms with E-state index in [0.717, 1.165) is 12.1 Å². The number of nitro groups is 1. The summed E-state index contributed by atoms with van der Waals surface area (Å²) in [6, 6.07) is 9.23. The molecular formula is C21H22ClF3N4O4. The molecular weight excluding hydrogens is 465 g/mol. The minimum Gasteiger partial charge on any atom is -0.492 e. The van der Waals surface area contributed by atoms with Gasteiger partial charge in [-0.15, -0.1) is 0 Å². The van der Waals surface area contributed by atoms with E-state index in [1.807, 2.05) is 4.90 Å². The minimum atomic E-state index is -4.60.